The van der Waals surface area contributed by atoms with Gasteiger partial charge in [-0.05, 0) is 48.4 Å². The molecule has 1 aromatic heterocycles. The lowest BCUT2D eigenvalue weighted by molar-refractivity contribution is 0.0842. The molecule has 3 N–H and O–H groups in total. The number of nitrogens with zero attached hydrogens (tertiary/aromatic N) is 2. The van der Waals surface area contributed by atoms with E-state index in [1.807, 2.05) is 0 Å². The number of hydrogen-bond acceptors (Lipinski definition) is 5. The van der Waals surface area contributed by atoms with Crippen LogP contribution in [0.15, 0.2) is 42.6 Å². The molecular weight excluding hydrogens is 352 g/mol. The van der Waals surface area contributed by atoms with Crippen molar-refractivity contribution in [3.8, 4) is 0 Å². The number of fused-ring (bicyclic) bond motifs is 1. The molecule has 2 aliphatic rings. The lowest BCUT2D eigenvalue weighted by Gasteiger charge is -2.30. The van der Waals surface area contributed by atoms with Crippen LogP contribution < -0.4 is 10.6 Å². The second-order valence-corrected chi connectivity index (χ2v) is 7.87. The van der Waals surface area contributed by atoms with Gasteiger partial charge in [0.1, 0.15) is 5.82 Å². The highest BCUT2D eigenvalue weighted by Gasteiger charge is 2.21. The number of carbonyl (C=O) groups excluding carboxylic acids is 1. The largest absolute Gasteiger partial charge is 0.390 e. The molecule has 4 rings (SSSR count). The van der Waals surface area contributed by atoms with Gasteiger partial charge in [-0.25, -0.2) is 4.98 Å². The number of amides is 1. The van der Waals surface area contributed by atoms with Crippen LogP contribution in [0.25, 0.3) is 0 Å². The Hall–Kier alpha value is -2.44. The summed E-state index contributed by atoms with van der Waals surface area (Å²) in [4.78, 5) is 18.9. The molecule has 2 aromatic rings. The molecule has 1 unspecified atom stereocenters. The molecule has 1 saturated carbocycles. The van der Waals surface area contributed by atoms with Gasteiger partial charge in [0, 0.05) is 44.5 Å². The number of pyridine rings is 1. The molecule has 1 aromatic carbocycles. The number of carbonyl (C=O) groups is 1. The van der Waals surface area contributed by atoms with Crippen molar-refractivity contribution in [1.29, 1.82) is 0 Å². The maximum atomic E-state index is 12.4. The number of nitrogens with one attached hydrogen (secondary N) is 2. The third-order valence-corrected chi connectivity index (χ3v) is 5.47. The molecule has 148 valence electrons. The van der Waals surface area contributed by atoms with E-state index in [1.54, 1.807) is 18.3 Å². The van der Waals surface area contributed by atoms with E-state index in [0.717, 1.165) is 37.8 Å². The third-order valence-electron chi connectivity index (χ3n) is 5.47. The minimum Gasteiger partial charge on any atom is -0.390 e. The van der Waals surface area contributed by atoms with E-state index < -0.39 is 6.10 Å². The number of hydrogen-bond donors (Lipinski definition) is 3. The molecular formula is C22H28N4O2. The summed E-state index contributed by atoms with van der Waals surface area (Å²) in [5, 5.41) is 16.5. The highest BCUT2D eigenvalue weighted by molar-refractivity contribution is 5.94. The second kappa shape index (κ2) is 8.71. The van der Waals surface area contributed by atoms with E-state index in [9.17, 15) is 9.90 Å². The Morgan fingerprint density at radius 2 is 2.07 bits per heavy atom. The van der Waals surface area contributed by atoms with Crippen molar-refractivity contribution in [2.24, 2.45) is 5.92 Å². The topological polar surface area (TPSA) is 77.5 Å². The molecule has 6 heteroatoms. The number of β-amino-alcohol motifs (C(OH)–C–C–N with tert-alkyl or cyclic N) is 1. The van der Waals surface area contributed by atoms with E-state index in [-0.39, 0.29) is 12.5 Å². The average molecular weight is 380 g/mol. The number of benzene rings is 1. The van der Waals surface area contributed by atoms with Crippen LogP contribution in [0.3, 0.4) is 0 Å². The molecule has 1 amide bonds. The van der Waals surface area contributed by atoms with E-state index >= 15 is 0 Å². The van der Waals surface area contributed by atoms with Crippen LogP contribution >= 0.6 is 0 Å². The van der Waals surface area contributed by atoms with Crippen molar-refractivity contribution in [3.05, 3.63) is 59.3 Å². The summed E-state index contributed by atoms with van der Waals surface area (Å²) in [6.45, 7) is 3.49. The molecule has 1 aliphatic carbocycles. The quantitative estimate of drug-likeness (QED) is 0.653. The predicted octanol–water partition coefficient (Wildman–Crippen LogP) is 2.05. The minimum absolute atomic E-state index is 0.181. The van der Waals surface area contributed by atoms with Crippen molar-refractivity contribution >= 4 is 11.7 Å². The van der Waals surface area contributed by atoms with Crippen LogP contribution in [0.5, 0.6) is 0 Å². The SMILES string of the molecule is O=C(NCC(O)CN1CCc2ccccc2C1)c1ccnc(NCC2CC2)c1. The maximum absolute atomic E-state index is 12.4. The van der Waals surface area contributed by atoms with Crippen LogP contribution in [-0.2, 0) is 13.0 Å². The highest BCUT2D eigenvalue weighted by atomic mass is 16.3. The smallest absolute Gasteiger partial charge is 0.251 e. The molecule has 0 bridgehead atoms. The first kappa shape index (κ1) is 18.9. The molecule has 1 aliphatic heterocycles. The summed E-state index contributed by atoms with van der Waals surface area (Å²) in [6.07, 6.45) is 4.60. The first-order valence-electron chi connectivity index (χ1n) is 10.1. The summed E-state index contributed by atoms with van der Waals surface area (Å²) in [5.41, 5.74) is 3.28. The van der Waals surface area contributed by atoms with Gasteiger partial charge in [0.15, 0.2) is 0 Å². The Bertz CT molecular complexity index is 822. The molecule has 2 heterocycles. The Kier molecular flexibility index (Phi) is 5.88. The number of rotatable bonds is 8. The fraction of sp³-hybridized carbons (Fsp3) is 0.455. The van der Waals surface area contributed by atoms with Gasteiger partial charge in [-0.3, -0.25) is 9.69 Å². The molecule has 0 saturated heterocycles. The Morgan fingerprint density at radius 1 is 1.25 bits per heavy atom. The fourth-order valence-electron chi connectivity index (χ4n) is 3.62. The van der Waals surface area contributed by atoms with Crippen LogP contribution in [0.2, 0.25) is 0 Å². The summed E-state index contributed by atoms with van der Waals surface area (Å²) in [6, 6.07) is 11.9. The lowest BCUT2D eigenvalue weighted by atomic mass is 10.00. The number of anilines is 1. The predicted molar refractivity (Wildman–Crippen MR) is 109 cm³/mol. The summed E-state index contributed by atoms with van der Waals surface area (Å²) >= 11 is 0. The standard InChI is InChI=1S/C22H28N4O2/c27-20(15-26-10-8-17-3-1-2-4-19(17)14-26)13-25-22(28)18-7-9-23-21(11-18)24-12-16-5-6-16/h1-4,7,9,11,16,20,27H,5-6,8,10,12-15H2,(H,23,24)(H,25,28). The van der Waals surface area contributed by atoms with Crippen molar-refractivity contribution in [3.63, 3.8) is 0 Å². The van der Waals surface area contributed by atoms with Crippen LogP contribution in [-0.4, -0.2) is 53.2 Å². The van der Waals surface area contributed by atoms with Gasteiger partial charge >= 0.3 is 0 Å². The Labute approximate surface area is 166 Å². The number of aliphatic hydroxyl groups is 1. The van der Waals surface area contributed by atoms with E-state index in [0.29, 0.717) is 12.1 Å². The highest BCUT2D eigenvalue weighted by Crippen LogP contribution is 2.28. The summed E-state index contributed by atoms with van der Waals surface area (Å²) < 4.78 is 0. The van der Waals surface area contributed by atoms with Gasteiger partial charge in [-0.2, -0.15) is 0 Å². The van der Waals surface area contributed by atoms with Crippen molar-refractivity contribution < 1.29 is 9.90 Å². The molecule has 0 radical (unpaired) electrons. The van der Waals surface area contributed by atoms with Crippen molar-refractivity contribution in [2.75, 3.05) is 31.5 Å². The second-order valence-electron chi connectivity index (χ2n) is 7.87. The zero-order valence-corrected chi connectivity index (χ0v) is 16.1. The van der Waals surface area contributed by atoms with E-state index in [4.69, 9.17) is 0 Å². The van der Waals surface area contributed by atoms with Crippen LogP contribution in [0.1, 0.15) is 34.3 Å². The van der Waals surface area contributed by atoms with Gasteiger partial charge in [-0.1, -0.05) is 24.3 Å². The molecule has 28 heavy (non-hydrogen) atoms. The Morgan fingerprint density at radius 3 is 2.89 bits per heavy atom. The van der Waals surface area contributed by atoms with Gasteiger partial charge in [-0.15, -0.1) is 0 Å². The first-order valence-corrected chi connectivity index (χ1v) is 10.1. The van der Waals surface area contributed by atoms with Crippen molar-refractivity contribution in [2.45, 2.75) is 31.9 Å². The monoisotopic (exact) mass is 380 g/mol. The fourth-order valence-corrected chi connectivity index (χ4v) is 3.62. The van der Waals surface area contributed by atoms with Gasteiger partial charge in [0.05, 0.1) is 6.10 Å². The average Bonchev–Trinajstić information content (AvgIpc) is 3.55. The molecule has 0 spiro atoms. The summed E-state index contributed by atoms with van der Waals surface area (Å²) in [7, 11) is 0. The van der Waals surface area contributed by atoms with Gasteiger partial charge < -0.3 is 15.7 Å². The zero-order chi connectivity index (χ0) is 19.3. The molecule has 6 nitrogen and oxygen atoms in total. The lowest BCUT2D eigenvalue weighted by Crippen LogP contribution is -2.42. The van der Waals surface area contributed by atoms with E-state index in [1.165, 1.54) is 24.0 Å². The van der Waals surface area contributed by atoms with Crippen LogP contribution in [0.4, 0.5) is 5.82 Å². The molecule has 1 atom stereocenters. The minimum atomic E-state index is -0.594. The summed E-state index contributed by atoms with van der Waals surface area (Å²) in [5.74, 6) is 1.29. The number of aromatic nitrogens is 1. The Balaban J connectivity index is 1.23. The van der Waals surface area contributed by atoms with Crippen LogP contribution in [0, 0.1) is 5.92 Å². The third kappa shape index (κ3) is 5.09. The normalized spacial score (nSPS) is 17.6. The maximum Gasteiger partial charge on any atom is 0.251 e. The number of aliphatic hydroxyl groups excluding tert-OH is 1. The first-order chi connectivity index (χ1) is 13.7. The zero-order valence-electron chi connectivity index (χ0n) is 16.1. The van der Waals surface area contributed by atoms with Gasteiger partial charge in [0.2, 0.25) is 0 Å². The molecule has 1 fully saturated rings. The van der Waals surface area contributed by atoms with E-state index in [2.05, 4.69) is 44.8 Å². The van der Waals surface area contributed by atoms with Crippen molar-refractivity contribution in [1.82, 2.24) is 15.2 Å². The van der Waals surface area contributed by atoms with Gasteiger partial charge in [0.25, 0.3) is 5.91 Å².